The van der Waals surface area contributed by atoms with Crippen LogP contribution in [0, 0.1) is 0 Å². The molecular weight excluding hydrogens is 252 g/mol. The van der Waals surface area contributed by atoms with Crippen molar-refractivity contribution < 1.29 is 9.53 Å². The van der Waals surface area contributed by atoms with Gasteiger partial charge in [0.15, 0.2) is 0 Å². The summed E-state index contributed by atoms with van der Waals surface area (Å²) in [7, 11) is 0. The lowest BCUT2D eigenvalue weighted by molar-refractivity contribution is 0.0995. The van der Waals surface area contributed by atoms with Crippen molar-refractivity contribution in [2.24, 2.45) is 11.6 Å². The number of hydrogen-bond donors (Lipinski definition) is 3. The molecule has 0 bridgehead atoms. The van der Waals surface area contributed by atoms with E-state index < -0.39 is 5.91 Å². The molecule has 0 saturated heterocycles. The van der Waals surface area contributed by atoms with Gasteiger partial charge in [-0.1, -0.05) is 0 Å². The number of ether oxygens (including phenoxy) is 1. The molecule has 0 radical (unpaired) electrons. The van der Waals surface area contributed by atoms with Gasteiger partial charge in [-0.2, -0.15) is 20.1 Å². The fraction of sp³-hybridized carbons (Fsp3) is 0.222. The number of primary amides is 1. The van der Waals surface area contributed by atoms with Crippen molar-refractivity contribution >= 4 is 11.9 Å². The van der Waals surface area contributed by atoms with Crippen LogP contribution in [-0.4, -0.2) is 37.2 Å². The maximum atomic E-state index is 11.0. The van der Waals surface area contributed by atoms with E-state index in [0.29, 0.717) is 6.61 Å². The van der Waals surface area contributed by atoms with Crippen molar-refractivity contribution in [1.82, 2.24) is 24.7 Å². The fourth-order valence-corrected chi connectivity index (χ4v) is 1.27. The number of hydrogen-bond acceptors (Lipinski definition) is 8. The number of nitrogens with zero attached hydrogens (tertiary/aromatic N) is 5. The Labute approximate surface area is 107 Å². The van der Waals surface area contributed by atoms with Crippen molar-refractivity contribution in [3.05, 3.63) is 18.0 Å². The molecule has 10 heteroatoms. The summed E-state index contributed by atoms with van der Waals surface area (Å²) in [4.78, 5) is 22.9. The van der Waals surface area contributed by atoms with Crippen LogP contribution in [0.15, 0.2) is 12.3 Å². The smallest absolute Gasteiger partial charge is 0.323 e. The van der Waals surface area contributed by atoms with Crippen molar-refractivity contribution in [2.75, 3.05) is 12.0 Å². The van der Waals surface area contributed by atoms with E-state index in [4.69, 9.17) is 16.3 Å². The fourth-order valence-electron chi connectivity index (χ4n) is 1.27. The number of nitrogens with one attached hydrogen (secondary N) is 1. The summed E-state index contributed by atoms with van der Waals surface area (Å²) in [6, 6.07) is 1.54. The predicted molar refractivity (Wildman–Crippen MR) is 64.4 cm³/mol. The van der Waals surface area contributed by atoms with Crippen LogP contribution in [0.25, 0.3) is 5.95 Å². The number of carbonyl (C=O) groups excluding carboxylic acids is 1. The minimum atomic E-state index is -0.644. The number of carbonyl (C=O) groups is 1. The summed E-state index contributed by atoms with van der Waals surface area (Å²) in [5.41, 5.74) is 7.50. The molecule has 0 fully saturated rings. The highest BCUT2D eigenvalue weighted by Crippen LogP contribution is 2.10. The van der Waals surface area contributed by atoms with E-state index >= 15 is 0 Å². The molecule has 0 spiro atoms. The number of aromatic nitrogens is 5. The summed E-state index contributed by atoms with van der Waals surface area (Å²) in [5, 5.41) is 3.92. The largest absolute Gasteiger partial charge is 0.464 e. The van der Waals surface area contributed by atoms with Crippen LogP contribution < -0.4 is 21.7 Å². The highest BCUT2D eigenvalue weighted by molar-refractivity contribution is 5.90. The van der Waals surface area contributed by atoms with Gasteiger partial charge in [-0.15, -0.1) is 0 Å². The van der Waals surface area contributed by atoms with Crippen LogP contribution in [-0.2, 0) is 0 Å². The molecule has 0 aliphatic heterocycles. The highest BCUT2D eigenvalue weighted by Gasteiger charge is 2.11. The van der Waals surface area contributed by atoms with Crippen LogP contribution in [0.1, 0.15) is 17.4 Å². The normalized spacial score (nSPS) is 10.2. The molecule has 2 heterocycles. The maximum absolute atomic E-state index is 11.0. The number of amides is 1. The Morgan fingerprint density at radius 3 is 2.84 bits per heavy atom. The predicted octanol–water partition coefficient (Wildman–Crippen LogP) is -1.16. The molecule has 0 atom stereocenters. The Morgan fingerprint density at radius 2 is 2.26 bits per heavy atom. The van der Waals surface area contributed by atoms with E-state index in [9.17, 15) is 4.79 Å². The van der Waals surface area contributed by atoms with Gasteiger partial charge in [0, 0.05) is 6.20 Å². The number of hydrazine groups is 1. The summed E-state index contributed by atoms with van der Waals surface area (Å²) in [6.07, 6.45) is 1.49. The first-order chi connectivity index (χ1) is 9.13. The van der Waals surface area contributed by atoms with Gasteiger partial charge < -0.3 is 10.5 Å². The standard InChI is InChI=1S/C9H12N8O2/c1-2-19-9-13-7(15-11)12-8(14-9)17-4-3-5(16-17)6(10)18/h3-4H,2,11H2,1H3,(H2,10,18)(H,12,13,14,15). The molecule has 1 amide bonds. The van der Waals surface area contributed by atoms with Crippen LogP contribution in [0.3, 0.4) is 0 Å². The number of rotatable bonds is 5. The van der Waals surface area contributed by atoms with E-state index in [0.717, 1.165) is 0 Å². The summed E-state index contributed by atoms with van der Waals surface area (Å²) in [5.74, 6) is 4.88. The zero-order valence-electron chi connectivity index (χ0n) is 10.1. The Balaban J connectivity index is 2.41. The lowest BCUT2D eigenvalue weighted by Crippen LogP contribution is -2.16. The Morgan fingerprint density at radius 1 is 1.47 bits per heavy atom. The van der Waals surface area contributed by atoms with Gasteiger partial charge in [-0.25, -0.2) is 10.5 Å². The molecule has 10 nitrogen and oxygen atoms in total. The van der Waals surface area contributed by atoms with Gasteiger partial charge in [0.2, 0.25) is 5.95 Å². The topological polar surface area (TPSA) is 147 Å². The van der Waals surface area contributed by atoms with Crippen molar-refractivity contribution in [3.63, 3.8) is 0 Å². The average molecular weight is 264 g/mol. The number of nitrogen functional groups attached to an aromatic ring is 1. The van der Waals surface area contributed by atoms with Gasteiger partial charge in [-0.05, 0) is 13.0 Å². The van der Waals surface area contributed by atoms with Gasteiger partial charge in [0.1, 0.15) is 5.69 Å². The van der Waals surface area contributed by atoms with Gasteiger partial charge in [0.25, 0.3) is 11.9 Å². The van der Waals surface area contributed by atoms with Crippen molar-refractivity contribution in [2.45, 2.75) is 6.92 Å². The molecule has 100 valence electrons. The first-order valence-corrected chi connectivity index (χ1v) is 5.35. The molecule has 0 aliphatic rings. The van der Waals surface area contributed by atoms with Crippen LogP contribution in [0.2, 0.25) is 0 Å². The monoisotopic (exact) mass is 264 g/mol. The number of anilines is 1. The first kappa shape index (κ1) is 12.7. The van der Waals surface area contributed by atoms with E-state index in [2.05, 4.69) is 25.5 Å². The molecule has 2 aromatic heterocycles. The molecular formula is C9H12N8O2. The summed E-state index contributed by atoms with van der Waals surface area (Å²) >= 11 is 0. The molecule has 2 rings (SSSR count). The van der Waals surface area contributed by atoms with Crippen molar-refractivity contribution in [3.8, 4) is 12.0 Å². The van der Waals surface area contributed by atoms with Gasteiger partial charge in [0.05, 0.1) is 6.61 Å². The lowest BCUT2D eigenvalue weighted by Gasteiger charge is -2.06. The van der Waals surface area contributed by atoms with Crippen LogP contribution in [0.5, 0.6) is 6.01 Å². The van der Waals surface area contributed by atoms with E-state index in [1.165, 1.54) is 16.9 Å². The third kappa shape index (κ3) is 2.74. The molecule has 5 N–H and O–H groups in total. The molecule has 2 aromatic rings. The molecule has 0 aromatic carbocycles. The van der Waals surface area contributed by atoms with Crippen LogP contribution in [0.4, 0.5) is 5.95 Å². The Bertz CT molecular complexity index is 596. The number of nitrogens with two attached hydrogens (primary N) is 2. The average Bonchev–Trinajstić information content (AvgIpc) is 2.88. The minimum Gasteiger partial charge on any atom is -0.464 e. The third-order valence-corrected chi connectivity index (χ3v) is 2.05. The second kappa shape index (κ2) is 5.27. The second-order valence-corrected chi connectivity index (χ2v) is 3.33. The molecule has 0 saturated carbocycles. The van der Waals surface area contributed by atoms with E-state index in [1.807, 2.05) is 0 Å². The highest BCUT2D eigenvalue weighted by atomic mass is 16.5. The Kier molecular flexibility index (Phi) is 3.52. The second-order valence-electron chi connectivity index (χ2n) is 3.33. The zero-order chi connectivity index (χ0) is 13.8. The SMILES string of the molecule is CCOc1nc(NN)nc(-n2ccc(C(N)=O)n2)n1. The molecule has 19 heavy (non-hydrogen) atoms. The third-order valence-electron chi connectivity index (χ3n) is 2.05. The minimum absolute atomic E-state index is 0.0941. The quantitative estimate of drug-likeness (QED) is 0.452. The maximum Gasteiger partial charge on any atom is 0.323 e. The van der Waals surface area contributed by atoms with E-state index in [1.54, 1.807) is 6.92 Å². The molecule has 0 aliphatic carbocycles. The lowest BCUT2D eigenvalue weighted by atomic mass is 10.4. The Hall–Kier alpha value is -2.75. The zero-order valence-corrected chi connectivity index (χ0v) is 10.1. The molecule has 0 unspecified atom stereocenters. The van der Waals surface area contributed by atoms with Crippen molar-refractivity contribution in [1.29, 1.82) is 0 Å². The van der Waals surface area contributed by atoms with Gasteiger partial charge >= 0.3 is 6.01 Å². The van der Waals surface area contributed by atoms with Gasteiger partial charge in [-0.3, -0.25) is 10.2 Å². The van der Waals surface area contributed by atoms with E-state index in [-0.39, 0.29) is 23.6 Å². The van der Waals surface area contributed by atoms with Crippen LogP contribution >= 0.6 is 0 Å². The first-order valence-electron chi connectivity index (χ1n) is 5.35. The summed E-state index contributed by atoms with van der Waals surface area (Å²) in [6.45, 7) is 2.18. The summed E-state index contributed by atoms with van der Waals surface area (Å²) < 4.78 is 6.44.